The van der Waals surface area contributed by atoms with Gasteiger partial charge < -0.3 is 23.9 Å². The largest absolute Gasteiger partial charge is 0.493 e. The lowest BCUT2D eigenvalue weighted by atomic mass is 10.1. The maximum atomic E-state index is 12.7. The lowest BCUT2D eigenvalue weighted by Gasteiger charge is -2.15. The van der Waals surface area contributed by atoms with Crippen LogP contribution in [0.25, 0.3) is 0 Å². The summed E-state index contributed by atoms with van der Waals surface area (Å²) in [5, 5.41) is 9.06. The van der Waals surface area contributed by atoms with Crippen molar-refractivity contribution in [2.75, 3.05) is 20.3 Å². The van der Waals surface area contributed by atoms with Gasteiger partial charge in [0.1, 0.15) is 0 Å². The van der Waals surface area contributed by atoms with Gasteiger partial charge in [-0.15, -0.1) is 0 Å². The van der Waals surface area contributed by atoms with E-state index < -0.39 is 5.97 Å². The van der Waals surface area contributed by atoms with E-state index in [1.54, 1.807) is 0 Å². The Morgan fingerprint density at radius 1 is 1.25 bits per heavy atom. The minimum atomic E-state index is -1.06. The van der Waals surface area contributed by atoms with Crippen molar-refractivity contribution in [1.82, 2.24) is 4.57 Å². The Kier molecular flexibility index (Phi) is 6.04. The van der Waals surface area contributed by atoms with Gasteiger partial charge in [-0.25, -0.2) is 4.79 Å². The molecule has 1 aromatic carbocycles. The third-order valence-corrected chi connectivity index (χ3v) is 5.05. The number of Topliss-reactive ketones (excluding diaryl/α,β-unsaturated/α-hetero) is 1. The van der Waals surface area contributed by atoms with Crippen LogP contribution in [0.5, 0.6) is 11.5 Å². The zero-order valence-corrected chi connectivity index (χ0v) is 16.4. The summed E-state index contributed by atoms with van der Waals surface area (Å²) < 4.78 is 18.6. The molecule has 1 fully saturated rings. The van der Waals surface area contributed by atoms with Gasteiger partial charge in [-0.3, -0.25) is 4.79 Å². The molecule has 1 aliphatic rings. The van der Waals surface area contributed by atoms with Gasteiger partial charge in [0, 0.05) is 30.1 Å². The molecule has 7 heteroatoms. The van der Waals surface area contributed by atoms with Gasteiger partial charge in [0.25, 0.3) is 0 Å². The van der Waals surface area contributed by atoms with Crippen molar-refractivity contribution in [3.05, 3.63) is 46.8 Å². The van der Waals surface area contributed by atoms with E-state index in [1.807, 2.05) is 19.9 Å². The highest BCUT2D eigenvalue weighted by molar-refractivity contribution is 5.98. The van der Waals surface area contributed by atoms with Crippen molar-refractivity contribution in [1.29, 1.82) is 0 Å². The topological polar surface area (TPSA) is 87.0 Å². The summed E-state index contributed by atoms with van der Waals surface area (Å²) in [5.41, 5.74) is 2.62. The number of rotatable bonds is 8. The van der Waals surface area contributed by atoms with Gasteiger partial charge in [-0.2, -0.15) is 0 Å². The molecule has 0 radical (unpaired) electrons. The van der Waals surface area contributed by atoms with Gasteiger partial charge in [0.15, 0.2) is 18.1 Å². The summed E-state index contributed by atoms with van der Waals surface area (Å²) >= 11 is 0. The number of hydrogen-bond donors (Lipinski definition) is 1. The number of carbonyl (C=O) groups excluding carboxylic acids is 1. The molecule has 7 nitrogen and oxygen atoms in total. The molecular formula is C21H25NO6. The van der Waals surface area contributed by atoms with E-state index in [2.05, 4.69) is 4.57 Å². The minimum Gasteiger partial charge on any atom is -0.493 e. The van der Waals surface area contributed by atoms with Gasteiger partial charge in [-0.05, 0) is 51.0 Å². The lowest BCUT2D eigenvalue weighted by molar-refractivity contribution is 0.0695. The van der Waals surface area contributed by atoms with Gasteiger partial charge in [0.2, 0.25) is 5.78 Å². The Balaban J connectivity index is 1.71. The fourth-order valence-corrected chi connectivity index (χ4v) is 3.50. The second kappa shape index (κ2) is 8.48. The van der Waals surface area contributed by atoms with Crippen LogP contribution >= 0.6 is 0 Å². The number of nitrogens with zero attached hydrogens (tertiary/aromatic N) is 1. The van der Waals surface area contributed by atoms with E-state index in [1.165, 1.54) is 25.3 Å². The molecule has 1 N–H and O–H groups in total. The van der Waals surface area contributed by atoms with Crippen molar-refractivity contribution < 1.29 is 28.9 Å². The van der Waals surface area contributed by atoms with Crippen LogP contribution in [0.2, 0.25) is 0 Å². The Hall–Kier alpha value is -2.80. The third kappa shape index (κ3) is 4.20. The highest BCUT2D eigenvalue weighted by Gasteiger charge is 2.21. The van der Waals surface area contributed by atoms with Gasteiger partial charge >= 0.3 is 5.97 Å². The van der Waals surface area contributed by atoms with Crippen LogP contribution in [0, 0.1) is 13.8 Å². The summed E-state index contributed by atoms with van der Waals surface area (Å²) in [4.78, 5) is 23.8. The van der Waals surface area contributed by atoms with E-state index in [-0.39, 0.29) is 29.8 Å². The van der Waals surface area contributed by atoms with Crippen LogP contribution in [0.3, 0.4) is 0 Å². The van der Waals surface area contributed by atoms with Gasteiger partial charge in [-0.1, -0.05) is 0 Å². The fraction of sp³-hybridized carbons (Fsp3) is 0.429. The zero-order valence-electron chi connectivity index (χ0n) is 16.4. The summed E-state index contributed by atoms with van der Waals surface area (Å²) in [6.07, 6.45) is 2.31. The normalized spacial score (nSPS) is 16.2. The van der Waals surface area contributed by atoms with Crippen LogP contribution in [-0.4, -0.2) is 47.9 Å². The molecule has 28 heavy (non-hydrogen) atoms. The number of carboxylic acid groups (broad SMARTS) is 1. The molecule has 0 bridgehead atoms. The second-order valence-corrected chi connectivity index (χ2v) is 6.91. The molecule has 0 amide bonds. The molecule has 3 rings (SSSR count). The van der Waals surface area contributed by atoms with Crippen molar-refractivity contribution in [2.45, 2.75) is 39.3 Å². The van der Waals surface area contributed by atoms with Crippen LogP contribution in [-0.2, 0) is 11.3 Å². The SMILES string of the molecule is COc1cc(C(=O)O)ccc1OCC(=O)c1cc(C)n(CC2CCCO2)c1C. The van der Waals surface area contributed by atoms with Crippen molar-refractivity contribution >= 4 is 11.8 Å². The number of carbonyl (C=O) groups is 2. The van der Waals surface area contributed by atoms with E-state index in [4.69, 9.17) is 19.3 Å². The van der Waals surface area contributed by atoms with Crippen molar-refractivity contribution in [3.8, 4) is 11.5 Å². The predicted octanol–water partition coefficient (Wildman–Crippen LogP) is 3.25. The molecule has 1 atom stereocenters. The summed E-state index contributed by atoms with van der Waals surface area (Å²) in [7, 11) is 1.42. The number of aromatic carboxylic acids is 1. The fourth-order valence-electron chi connectivity index (χ4n) is 3.50. The lowest BCUT2D eigenvalue weighted by Crippen LogP contribution is -2.18. The first kappa shape index (κ1) is 19.9. The summed E-state index contributed by atoms with van der Waals surface area (Å²) in [6, 6.07) is 6.16. The highest BCUT2D eigenvalue weighted by Crippen LogP contribution is 2.28. The van der Waals surface area contributed by atoms with Crippen LogP contribution in [0.4, 0.5) is 0 Å². The Morgan fingerprint density at radius 3 is 2.68 bits per heavy atom. The summed E-state index contributed by atoms with van der Waals surface area (Å²) in [6.45, 7) is 5.29. The monoisotopic (exact) mass is 387 g/mol. The number of benzene rings is 1. The molecule has 0 spiro atoms. The van der Waals surface area contributed by atoms with E-state index in [0.717, 1.165) is 37.4 Å². The molecule has 2 aromatic rings. The molecule has 1 aliphatic heterocycles. The average molecular weight is 387 g/mol. The van der Waals surface area contributed by atoms with Crippen LogP contribution < -0.4 is 9.47 Å². The van der Waals surface area contributed by atoms with Crippen LogP contribution in [0.15, 0.2) is 24.3 Å². The molecule has 0 aliphatic carbocycles. The quantitative estimate of drug-likeness (QED) is 0.700. The van der Waals surface area contributed by atoms with Crippen LogP contribution in [0.1, 0.15) is 44.9 Å². The molecule has 0 saturated carbocycles. The number of aromatic nitrogens is 1. The van der Waals surface area contributed by atoms with Crippen molar-refractivity contribution in [3.63, 3.8) is 0 Å². The molecule has 1 unspecified atom stereocenters. The zero-order chi connectivity index (χ0) is 20.3. The van der Waals surface area contributed by atoms with Gasteiger partial charge in [0.05, 0.1) is 18.8 Å². The minimum absolute atomic E-state index is 0.0909. The standard InChI is InChI=1S/C21H25NO6/c1-13-9-17(14(2)22(13)11-16-5-4-8-27-16)18(23)12-28-19-7-6-15(21(24)25)10-20(19)26-3/h6-7,9-10,16H,4-5,8,11-12H2,1-3H3,(H,24,25). The Bertz CT molecular complexity index is 879. The second-order valence-electron chi connectivity index (χ2n) is 6.91. The number of ketones is 1. The molecule has 1 saturated heterocycles. The number of methoxy groups -OCH3 is 1. The van der Waals surface area contributed by atoms with E-state index in [9.17, 15) is 9.59 Å². The smallest absolute Gasteiger partial charge is 0.335 e. The number of hydrogen-bond acceptors (Lipinski definition) is 5. The predicted molar refractivity (Wildman–Crippen MR) is 103 cm³/mol. The number of carboxylic acids is 1. The van der Waals surface area contributed by atoms with E-state index >= 15 is 0 Å². The average Bonchev–Trinajstić information content (AvgIpc) is 3.29. The molecule has 2 heterocycles. The first-order chi connectivity index (χ1) is 13.4. The van der Waals surface area contributed by atoms with E-state index in [0.29, 0.717) is 11.3 Å². The highest BCUT2D eigenvalue weighted by atomic mass is 16.5. The number of aryl methyl sites for hydroxylation is 1. The molecule has 1 aromatic heterocycles. The summed E-state index contributed by atoms with van der Waals surface area (Å²) in [5.74, 6) is -0.596. The maximum Gasteiger partial charge on any atom is 0.335 e. The Labute approximate surface area is 163 Å². The first-order valence-corrected chi connectivity index (χ1v) is 9.26. The first-order valence-electron chi connectivity index (χ1n) is 9.26. The number of ether oxygens (including phenoxy) is 3. The molecular weight excluding hydrogens is 362 g/mol. The third-order valence-electron chi connectivity index (χ3n) is 5.05. The Morgan fingerprint density at radius 2 is 2.04 bits per heavy atom. The molecule has 150 valence electrons. The van der Waals surface area contributed by atoms with Crippen molar-refractivity contribution in [2.24, 2.45) is 0 Å². The maximum absolute atomic E-state index is 12.7.